The van der Waals surface area contributed by atoms with Crippen LogP contribution in [-0.2, 0) is 14.6 Å². The minimum absolute atomic E-state index is 0.242. The molecule has 1 atom stereocenters. The van der Waals surface area contributed by atoms with Gasteiger partial charge in [0, 0.05) is 0 Å². The van der Waals surface area contributed by atoms with E-state index in [-0.39, 0.29) is 22.6 Å². The third-order valence-corrected chi connectivity index (χ3v) is 6.45. The Morgan fingerprint density at radius 3 is 2.46 bits per heavy atom. The number of nitrogen functional groups attached to an aromatic ring is 1. The van der Waals surface area contributed by atoms with Crippen LogP contribution >= 0.6 is 0 Å². The molecule has 4 nitrogen and oxygen atoms in total. The second-order valence-corrected chi connectivity index (χ2v) is 7.89. The highest BCUT2D eigenvalue weighted by molar-refractivity contribution is 7.92. The SMILES string of the molecule is C=CCS(=O)(=O)C(C)(c1ccccc1)c1cc(N)c(F)c(C#N)c1. The van der Waals surface area contributed by atoms with Crippen molar-refractivity contribution in [3.63, 3.8) is 0 Å². The average molecular weight is 344 g/mol. The van der Waals surface area contributed by atoms with E-state index in [0.717, 1.165) is 0 Å². The molecule has 1 unspecified atom stereocenters. The van der Waals surface area contributed by atoms with E-state index in [1.165, 1.54) is 25.1 Å². The van der Waals surface area contributed by atoms with Crippen molar-refractivity contribution in [1.82, 2.24) is 0 Å². The molecule has 0 heterocycles. The van der Waals surface area contributed by atoms with Gasteiger partial charge < -0.3 is 5.73 Å². The zero-order valence-corrected chi connectivity index (χ0v) is 14.0. The smallest absolute Gasteiger partial charge is 0.167 e. The van der Waals surface area contributed by atoms with Crippen molar-refractivity contribution in [3.05, 3.63) is 77.6 Å². The fourth-order valence-corrected chi connectivity index (χ4v) is 4.22. The van der Waals surface area contributed by atoms with Gasteiger partial charge in [-0.05, 0) is 30.2 Å². The van der Waals surface area contributed by atoms with Crippen molar-refractivity contribution in [3.8, 4) is 6.07 Å². The Bertz CT molecular complexity index is 918. The summed E-state index contributed by atoms with van der Waals surface area (Å²) >= 11 is 0. The third kappa shape index (κ3) is 2.79. The average Bonchev–Trinajstić information content (AvgIpc) is 2.57. The van der Waals surface area contributed by atoms with E-state index in [1.807, 2.05) is 0 Å². The normalized spacial score (nSPS) is 13.7. The highest BCUT2D eigenvalue weighted by atomic mass is 32.2. The maximum absolute atomic E-state index is 13.9. The molecule has 0 fully saturated rings. The van der Waals surface area contributed by atoms with Gasteiger partial charge in [-0.2, -0.15) is 5.26 Å². The summed E-state index contributed by atoms with van der Waals surface area (Å²) < 4.78 is 38.3. The molecular formula is C18H17FN2O2S. The predicted octanol–water partition coefficient (Wildman–Crippen LogP) is 3.14. The number of nitrogens with zero attached hydrogens (tertiary/aromatic N) is 1. The summed E-state index contributed by atoms with van der Waals surface area (Å²) in [6.45, 7) is 5.02. The first-order valence-electron chi connectivity index (χ1n) is 7.16. The summed E-state index contributed by atoms with van der Waals surface area (Å²) in [6.07, 6.45) is 1.30. The molecule has 2 N–H and O–H groups in total. The van der Waals surface area contributed by atoms with Crippen molar-refractivity contribution in [1.29, 1.82) is 5.26 Å². The quantitative estimate of drug-likeness (QED) is 0.667. The van der Waals surface area contributed by atoms with Crippen molar-refractivity contribution in [2.45, 2.75) is 11.7 Å². The number of sulfone groups is 1. The highest BCUT2D eigenvalue weighted by Crippen LogP contribution is 2.39. The van der Waals surface area contributed by atoms with Crippen LogP contribution in [0.5, 0.6) is 0 Å². The monoisotopic (exact) mass is 344 g/mol. The zero-order valence-electron chi connectivity index (χ0n) is 13.2. The minimum Gasteiger partial charge on any atom is -0.396 e. The van der Waals surface area contributed by atoms with Crippen LogP contribution in [0.15, 0.2) is 55.1 Å². The van der Waals surface area contributed by atoms with Crippen LogP contribution in [0.25, 0.3) is 0 Å². The van der Waals surface area contributed by atoms with Gasteiger partial charge in [-0.1, -0.05) is 36.4 Å². The molecule has 0 spiro atoms. The van der Waals surface area contributed by atoms with E-state index < -0.39 is 20.4 Å². The van der Waals surface area contributed by atoms with E-state index in [0.29, 0.717) is 5.56 Å². The number of halogens is 1. The lowest BCUT2D eigenvalue weighted by Gasteiger charge is -2.30. The van der Waals surface area contributed by atoms with E-state index in [4.69, 9.17) is 11.0 Å². The Labute approximate surface area is 141 Å². The standard InChI is InChI=1S/C18H17FN2O2S/c1-3-9-24(22,23)18(2,14-7-5-4-6-8-14)15-10-13(12-20)17(19)16(21)11-15/h3-8,10-11H,1,9,21H2,2H3. The summed E-state index contributed by atoms with van der Waals surface area (Å²) in [5.74, 6) is -1.12. The Morgan fingerprint density at radius 1 is 1.29 bits per heavy atom. The molecular weight excluding hydrogens is 327 g/mol. The topological polar surface area (TPSA) is 83.9 Å². The maximum Gasteiger partial charge on any atom is 0.167 e. The van der Waals surface area contributed by atoms with Crippen LogP contribution in [0.3, 0.4) is 0 Å². The molecule has 0 aliphatic carbocycles. The van der Waals surface area contributed by atoms with Gasteiger partial charge in [0.15, 0.2) is 15.7 Å². The first-order valence-corrected chi connectivity index (χ1v) is 8.81. The molecule has 2 aromatic carbocycles. The second-order valence-electron chi connectivity index (χ2n) is 5.51. The van der Waals surface area contributed by atoms with E-state index in [9.17, 15) is 12.8 Å². The lowest BCUT2D eigenvalue weighted by Crippen LogP contribution is -2.35. The molecule has 0 radical (unpaired) electrons. The summed E-state index contributed by atoms with van der Waals surface area (Å²) in [4.78, 5) is 0. The molecule has 0 amide bonds. The summed E-state index contributed by atoms with van der Waals surface area (Å²) in [6, 6.07) is 12.8. The van der Waals surface area contributed by atoms with Gasteiger partial charge in [0.2, 0.25) is 0 Å². The number of benzene rings is 2. The second kappa shape index (κ2) is 6.46. The fraction of sp³-hybridized carbons (Fsp3) is 0.167. The van der Waals surface area contributed by atoms with Crippen LogP contribution in [0, 0.1) is 17.1 Å². The molecule has 2 aromatic rings. The highest BCUT2D eigenvalue weighted by Gasteiger charge is 2.42. The number of nitrogens with two attached hydrogens (primary N) is 1. The fourth-order valence-electron chi connectivity index (χ4n) is 2.61. The molecule has 0 saturated heterocycles. The molecule has 0 aromatic heterocycles. The van der Waals surface area contributed by atoms with Crippen LogP contribution in [-0.4, -0.2) is 14.2 Å². The predicted molar refractivity (Wildman–Crippen MR) is 92.4 cm³/mol. The lowest BCUT2D eigenvalue weighted by atomic mass is 9.90. The van der Waals surface area contributed by atoms with Crippen LogP contribution < -0.4 is 5.73 Å². The molecule has 6 heteroatoms. The molecule has 24 heavy (non-hydrogen) atoms. The summed E-state index contributed by atoms with van der Waals surface area (Å²) in [5, 5.41) is 9.10. The molecule has 124 valence electrons. The van der Waals surface area contributed by atoms with Gasteiger partial charge in [-0.3, -0.25) is 0 Å². The zero-order chi connectivity index (χ0) is 18.0. The minimum atomic E-state index is -3.74. The number of nitriles is 1. The van der Waals surface area contributed by atoms with Gasteiger partial charge in [0.25, 0.3) is 0 Å². The molecule has 0 aliphatic rings. The van der Waals surface area contributed by atoms with Gasteiger partial charge in [-0.25, -0.2) is 12.8 Å². The molecule has 2 rings (SSSR count). The van der Waals surface area contributed by atoms with Crippen LogP contribution in [0.2, 0.25) is 0 Å². The van der Waals surface area contributed by atoms with E-state index >= 15 is 0 Å². The van der Waals surface area contributed by atoms with Crippen molar-refractivity contribution < 1.29 is 12.8 Å². The Kier molecular flexibility index (Phi) is 4.76. The van der Waals surface area contributed by atoms with E-state index in [2.05, 4.69) is 6.58 Å². The van der Waals surface area contributed by atoms with Crippen molar-refractivity contribution in [2.24, 2.45) is 0 Å². The first-order chi connectivity index (χ1) is 11.3. The van der Waals surface area contributed by atoms with Crippen LogP contribution in [0.4, 0.5) is 10.1 Å². The Hall–Kier alpha value is -2.65. The maximum atomic E-state index is 13.9. The lowest BCUT2D eigenvalue weighted by molar-refractivity contribution is 0.567. The van der Waals surface area contributed by atoms with E-state index in [1.54, 1.807) is 36.4 Å². The van der Waals surface area contributed by atoms with Crippen LogP contribution in [0.1, 0.15) is 23.6 Å². The number of anilines is 1. The van der Waals surface area contributed by atoms with Gasteiger partial charge >= 0.3 is 0 Å². The van der Waals surface area contributed by atoms with Gasteiger partial charge in [-0.15, -0.1) is 6.58 Å². The molecule has 0 saturated carbocycles. The first kappa shape index (κ1) is 17.7. The molecule has 0 aliphatic heterocycles. The number of rotatable bonds is 5. The number of hydrogen-bond donors (Lipinski definition) is 1. The Morgan fingerprint density at radius 2 is 1.92 bits per heavy atom. The van der Waals surface area contributed by atoms with Crippen molar-refractivity contribution >= 4 is 15.5 Å². The summed E-state index contributed by atoms with van der Waals surface area (Å²) in [5.41, 5.74) is 5.84. The Balaban J connectivity index is 2.86. The summed E-state index contributed by atoms with van der Waals surface area (Å²) in [7, 11) is -3.74. The molecule has 0 bridgehead atoms. The third-order valence-electron chi connectivity index (χ3n) is 4.06. The van der Waals surface area contributed by atoms with Gasteiger partial charge in [0.05, 0.1) is 17.0 Å². The van der Waals surface area contributed by atoms with Crippen molar-refractivity contribution in [2.75, 3.05) is 11.5 Å². The van der Waals surface area contributed by atoms with Gasteiger partial charge in [0.1, 0.15) is 10.8 Å². The largest absolute Gasteiger partial charge is 0.396 e. The number of hydrogen-bond acceptors (Lipinski definition) is 4.